The van der Waals surface area contributed by atoms with E-state index in [9.17, 15) is 4.79 Å². The normalized spacial score (nSPS) is 17.4. The summed E-state index contributed by atoms with van der Waals surface area (Å²) in [6.45, 7) is 6.17. The largest absolute Gasteiger partial charge is 0.392 e. The molecule has 1 fully saturated rings. The Morgan fingerprint density at radius 2 is 1.94 bits per heavy atom. The van der Waals surface area contributed by atoms with Gasteiger partial charge in [0, 0.05) is 39.1 Å². The Morgan fingerprint density at radius 3 is 2.44 bits per heavy atom. The van der Waals surface area contributed by atoms with Gasteiger partial charge >= 0.3 is 0 Å². The van der Waals surface area contributed by atoms with Gasteiger partial charge in [0.1, 0.15) is 0 Å². The van der Waals surface area contributed by atoms with Crippen LogP contribution in [0.1, 0.15) is 26.2 Å². The average molecular weight is 243 g/mol. The summed E-state index contributed by atoms with van der Waals surface area (Å²) in [6, 6.07) is 0. The first-order chi connectivity index (χ1) is 7.63. The Kier molecular flexibility index (Phi) is 5.69. The highest BCUT2D eigenvalue weighted by Gasteiger charge is 2.20. The molecule has 0 aromatic heterocycles. The smallest absolute Gasteiger partial charge is 0.222 e. The van der Waals surface area contributed by atoms with Crippen molar-refractivity contribution in [3.63, 3.8) is 0 Å². The molecule has 0 spiro atoms. The molecule has 1 saturated heterocycles. The summed E-state index contributed by atoms with van der Waals surface area (Å²) in [6.07, 6.45) is 2.75. The lowest BCUT2D eigenvalue weighted by Gasteiger charge is -2.34. The lowest BCUT2D eigenvalue weighted by molar-refractivity contribution is -0.132. The predicted octanol–water partition coefficient (Wildman–Crippen LogP) is 0.607. The van der Waals surface area contributed by atoms with Gasteiger partial charge in [0.05, 0.1) is 4.99 Å². The third kappa shape index (κ3) is 4.45. The van der Waals surface area contributed by atoms with Gasteiger partial charge in [-0.1, -0.05) is 25.6 Å². The summed E-state index contributed by atoms with van der Waals surface area (Å²) in [5, 5.41) is 0. The first-order valence-electron chi connectivity index (χ1n) is 5.92. The van der Waals surface area contributed by atoms with Gasteiger partial charge in [-0.3, -0.25) is 9.69 Å². The summed E-state index contributed by atoms with van der Waals surface area (Å²) < 4.78 is 0. The summed E-state index contributed by atoms with van der Waals surface area (Å²) in [7, 11) is 0. The molecule has 0 saturated carbocycles. The lowest BCUT2D eigenvalue weighted by atomic mass is 10.2. The van der Waals surface area contributed by atoms with Crippen LogP contribution in [0.5, 0.6) is 0 Å². The number of hydrogen-bond donors (Lipinski definition) is 1. The van der Waals surface area contributed by atoms with Crippen molar-refractivity contribution in [3.05, 3.63) is 0 Å². The average Bonchev–Trinajstić information content (AvgIpc) is 2.26. The van der Waals surface area contributed by atoms with Crippen molar-refractivity contribution in [1.82, 2.24) is 9.80 Å². The van der Waals surface area contributed by atoms with Crippen LogP contribution in [0.15, 0.2) is 0 Å². The second kappa shape index (κ2) is 6.81. The predicted molar refractivity (Wildman–Crippen MR) is 69.3 cm³/mol. The van der Waals surface area contributed by atoms with Crippen molar-refractivity contribution >= 4 is 23.1 Å². The second-order valence-electron chi connectivity index (χ2n) is 4.23. The number of nitrogens with zero attached hydrogens (tertiary/aromatic N) is 2. The molecular formula is C11H21N3OS. The monoisotopic (exact) mass is 243 g/mol. The van der Waals surface area contributed by atoms with E-state index in [4.69, 9.17) is 18.0 Å². The van der Waals surface area contributed by atoms with Gasteiger partial charge in [-0.15, -0.1) is 0 Å². The molecule has 0 aromatic carbocycles. The van der Waals surface area contributed by atoms with Crippen LogP contribution in [0.2, 0.25) is 0 Å². The van der Waals surface area contributed by atoms with Gasteiger partial charge in [-0.25, -0.2) is 0 Å². The number of thiocarbonyl (C=S) groups is 1. The number of carbonyl (C=O) groups excluding carboxylic acids is 1. The minimum atomic E-state index is 0.289. The van der Waals surface area contributed by atoms with E-state index < -0.39 is 0 Å². The fourth-order valence-corrected chi connectivity index (χ4v) is 2.04. The third-order valence-electron chi connectivity index (χ3n) is 2.85. The molecule has 5 heteroatoms. The van der Waals surface area contributed by atoms with Crippen molar-refractivity contribution in [1.29, 1.82) is 0 Å². The highest BCUT2D eigenvalue weighted by molar-refractivity contribution is 7.80. The van der Waals surface area contributed by atoms with E-state index >= 15 is 0 Å². The molecule has 92 valence electrons. The molecule has 2 N–H and O–H groups in total. The molecule has 1 aliphatic rings. The zero-order chi connectivity index (χ0) is 12.0. The first-order valence-corrected chi connectivity index (χ1v) is 6.32. The molecule has 1 heterocycles. The first kappa shape index (κ1) is 13.4. The van der Waals surface area contributed by atoms with Gasteiger partial charge in [-0.2, -0.15) is 0 Å². The topological polar surface area (TPSA) is 49.6 Å². The Bertz CT molecular complexity index is 250. The van der Waals surface area contributed by atoms with Crippen LogP contribution in [-0.2, 0) is 4.79 Å². The van der Waals surface area contributed by atoms with Crippen LogP contribution in [0.25, 0.3) is 0 Å². The van der Waals surface area contributed by atoms with Crippen LogP contribution in [-0.4, -0.2) is 53.4 Å². The lowest BCUT2D eigenvalue weighted by Crippen LogP contribution is -2.50. The van der Waals surface area contributed by atoms with E-state index in [1.807, 2.05) is 4.90 Å². The molecule has 0 atom stereocenters. The Morgan fingerprint density at radius 1 is 1.31 bits per heavy atom. The van der Waals surface area contributed by atoms with Crippen molar-refractivity contribution < 1.29 is 4.79 Å². The number of unbranched alkanes of at least 4 members (excludes halogenated alkanes) is 1. The van der Waals surface area contributed by atoms with Crippen LogP contribution in [0.4, 0.5) is 0 Å². The molecule has 0 aliphatic carbocycles. The van der Waals surface area contributed by atoms with E-state index in [1.165, 1.54) is 0 Å². The summed E-state index contributed by atoms with van der Waals surface area (Å²) in [5.74, 6) is 0.289. The van der Waals surface area contributed by atoms with Gasteiger partial charge < -0.3 is 10.6 Å². The number of carbonyl (C=O) groups is 1. The minimum absolute atomic E-state index is 0.289. The molecule has 0 radical (unpaired) electrons. The van der Waals surface area contributed by atoms with Crippen molar-refractivity contribution in [2.24, 2.45) is 5.73 Å². The zero-order valence-electron chi connectivity index (χ0n) is 9.95. The molecule has 1 rings (SSSR count). The SMILES string of the molecule is CCCCC(=O)N1CCN(CC(N)=S)CC1. The van der Waals surface area contributed by atoms with E-state index in [0.29, 0.717) is 18.0 Å². The molecule has 0 unspecified atom stereocenters. The fourth-order valence-electron chi connectivity index (χ4n) is 1.86. The molecular weight excluding hydrogens is 222 g/mol. The number of rotatable bonds is 5. The molecule has 16 heavy (non-hydrogen) atoms. The number of amides is 1. The van der Waals surface area contributed by atoms with Crippen LogP contribution >= 0.6 is 12.2 Å². The van der Waals surface area contributed by atoms with E-state index in [1.54, 1.807) is 0 Å². The van der Waals surface area contributed by atoms with Crippen LogP contribution in [0, 0.1) is 0 Å². The highest BCUT2D eigenvalue weighted by Crippen LogP contribution is 2.05. The van der Waals surface area contributed by atoms with E-state index in [2.05, 4.69) is 11.8 Å². The molecule has 0 aromatic rings. The summed E-state index contributed by atoms with van der Waals surface area (Å²) >= 11 is 4.87. The highest BCUT2D eigenvalue weighted by atomic mass is 32.1. The maximum absolute atomic E-state index is 11.7. The van der Waals surface area contributed by atoms with Gasteiger partial charge in [0.2, 0.25) is 5.91 Å². The Labute approximate surface area is 103 Å². The van der Waals surface area contributed by atoms with Crippen LogP contribution < -0.4 is 5.73 Å². The zero-order valence-corrected chi connectivity index (χ0v) is 10.8. The quantitative estimate of drug-likeness (QED) is 0.719. The Hall–Kier alpha value is -0.680. The van der Waals surface area contributed by atoms with Gasteiger partial charge in [0.25, 0.3) is 0 Å². The van der Waals surface area contributed by atoms with Crippen molar-refractivity contribution in [2.75, 3.05) is 32.7 Å². The molecule has 0 bridgehead atoms. The summed E-state index contributed by atoms with van der Waals surface area (Å²) in [5.41, 5.74) is 5.49. The van der Waals surface area contributed by atoms with Crippen molar-refractivity contribution in [2.45, 2.75) is 26.2 Å². The molecule has 1 amide bonds. The maximum Gasteiger partial charge on any atom is 0.222 e. The van der Waals surface area contributed by atoms with Crippen molar-refractivity contribution in [3.8, 4) is 0 Å². The van der Waals surface area contributed by atoms with E-state index in [0.717, 1.165) is 39.0 Å². The van der Waals surface area contributed by atoms with Gasteiger partial charge in [-0.05, 0) is 6.42 Å². The van der Waals surface area contributed by atoms with Gasteiger partial charge in [0.15, 0.2) is 0 Å². The van der Waals surface area contributed by atoms with Crippen LogP contribution in [0.3, 0.4) is 0 Å². The summed E-state index contributed by atoms with van der Waals surface area (Å²) in [4.78, 5) is 16.4. The minimum Gasteiger partial charge on any atom is -0.392 e. The third-order valence-corrected chi connectivity index (χ3v) is 2.98. The Balaban J connectivity index is 2.25. The molecule has 1 aliphatic heterocycles. The maximum atomic E-state index is 11.7. The number of hydrogen-bond acceptors (Lipinski definition) is 3. The number of piperazine rings is 1. The van der Waals surface area contributed by atoms with E-state index in [-0.39, 0.29) is 5.91 Å². The molecule has 4 nitrogen and oxygen atoms in total. The fraction of sp³-hybridized carbons (Fsp3) is 0.818. The standard InChI is InChI=1S/C11H21N3OS/c1-2-3-4-11(15)14-7-5-13(6-8-14)9-10(12)16/h2-9H2,1H3,(H2,12,16). The number of nitrogens with two attached hydrogens (primary N) is 1. The second-order valence-corrected chi connectivity index (χ2v) is 4.75.